The average Bonchev–Trinajstić information content (AvgIpc) is 2.65. The monoisotopic (exact) mass is 176 g/mol. The van der Waals surface area contributed by atoms with Gasteiger partial charge in [0.25, 0.3) is 0 Å². The maximum atomic E-state index is 9.98. The van der Waals surface area contributed by atoms with Crippen molar-refractivity contribution in [2.45, 2.75) is 32.3 Å². The van der Waals surface area contributed by atoms with Crippen molar-refractivity contribution in [2.75, 3.05) is 0 Å². The van der Waals surface area contributed by atoms with Crippen LogP contribution in [-0.4, -0.2) is 10.7 Å². The van der Waals surface area contributed by atoms with E-state index in [4.69, 9.17) is 0 Å². The second-order valence-corrected chi connectivity index (χ2v) is 4.31. The van der Waals surface area contributed by atoms with Crippen LogP contribution < -0.4 is 0 Å². The van der Waals surface area contributed by atoms with E-state index in [2.05, 4.69) is 26.0 Å². The molecule has 70 valence electrons. The zero-order valence-electron chi connectivity index (χ0n) is 8.25. The number of aryl methyl sites for hydroxylation is 1. The van der Waals surface area contributed by atoms with Gasteiger partial charge in [-0.05, 0) is 30.4 Å². The van der Waals surface area contributed by atoms with Gasteiger partial charge < -0.3 is 5.11 Å². The molecule has 2 atom stereocenters. The molecule has 0 spiro atoms. The molecule has 0 radical (unpaired) electrons. The SMILES string of the molecule is Cc1ccccc1CC1(O)CC1C. The van der Waals surface area contributed by atoms with Crippen molar-refractivity contribution in [3.05, 3.63) is 35.4 Å². The number of hydrogen-bond donors (Lipinski definition) is 1. The van der Waals surface area contributed by atoms with Gasteiger partial charge in [0.05, 0.1) is 5.60 Å². The molecule has 1 aliphatic rings. The van der Waals surface area contributed by atoms with Gasteiger partial charge in [0.1, 0.15) is 0 Å². The van der Waals surface area contributed by atoms with Crippen LogP contribution >= 0.6 is 0 Å². The Labute approximate surface area is 79.4 Å². The molecule has 2 unspecified atom stereocenters. The summed E-state index contributed by atoms with van der Waals surface area (Å²) in [6.45, 7) is 4.21. The van der Waals surface area contributed by atoms with E-state index >= 15 is 0 Å². The minimum Gasteiger partial charge on any atom is -0.389 e. The van der Waals surface area contributed by atoms with Crippen LogP contribution in [0.15, 0.2) is 24.3 Å². The predicted octanol–water partition coefficient (Wildman–Crippen LogP) is 2.31. The first-order chi connectivity index (χ1) is 6.12. The maximum absolute atomic E-state index is 9.98. The molecule has 0 heterocycles. The molecule has 1 aromatic rings. The normalized spacial score (nSPS) is 31.8. The molecule has 1 aliphatic carbocycles. The smallest absolute Gasteiger partial charge is 0.0718 e. The zero-order valence-corrected chi connectivity index (χ0v) is 8.25. The van der Waals surface area contributed by atoms with Crippen LogP contribution in [0.1, 0.15) is 24.5 Å². The summed E-state index contributed by atoms with van der Waals surface area (Å²) in [4.78, 5) is 0. The fourth-order valence-electron chi connectivity index (χ4n) is 1.86. The van der Waals surface area contributed by atoms with E-state index in [1.807, 2.05) is 12.1 Å². The van der Waals surface area contributed by atoms with Crippen molar-refractivity contribution in [1.29, 1.82) is 0 Å². The Hall–Kier alpha value is -0.820. The highest BCUT2D eigenvalue weighted by atomic mass is 16.3. The molecule has 1 fully saturated rings. The fraction of sp³-hybridized carbons (Fsp3) is 0.500. The van der Waals surface area contributed by atoms with Gasteiger partial charge in [-0.1, -0.05) is 31.2 Å². The summed E-state index contributed by atoms with van der Waals surface area (Å²) in [5.74, 6) is 0.479. The van der Waals surface area contributed by atoms with E-state index in [0.29, 0.717) is 5.92 Å². The van der Waals surface area contributed by atoms with Crippen LogP contribution in [0.25, 0.3) is 0 Å². The topological polar surface area (TPSA) is 20.2 Å². The Kier molecular flexibility index (Phi) is 1.92. The van der Waals surface area contributed by atoms with E-state index in [1.54, 1.807) is 0 Å². The van der Waals surface area contributed by atoms with Gasteiger partial charge in [0.15, 0.2) is 0 Å². The second-order valence-electron chi connectivity index (χ2n) is 4.31. The summed E-state index contributed by atoms with van der Waals surface area (Å²) >= 11 is 0. The molecule has 0 aliphatic heterocycles. The van der Waals surface area contributed by atoms with Gasteiger partial charge in [-0.3, -0.25) is 0 Å². The van der Waals surface area contributed by atoms with Crippen LogP contribution in [0, 0.1) is 12.8 Å². The summed E-state index contributed by atoms with van der Waals surface area (Å²) < 4.78 is 0. The molecule has 1 aromatic carbocycles. The summed E-state index contributed by atoms with van der Waals surface area (Å²) in [6.07, 6.45) is 1.78. The highest BCUT2D eigenvalue weighted by Crippen LogP contribution is 2.45. The van der Waals surface area contributed by atoms with Crippen molar-refractivity contribution >= 4 is 0 Å². The van der Waals surface area contributed by atoms with Crippen molar-refractivity contribution in [3.8, 4) is 0 Å². The lowest BCUT2D eigenvalue weighted by Crippen LogP contribution is -2.14. The predicted molar refractivity (Wildman–Crippen MR) is 53.6 cm³/mol. The van der Waals surface area contributed by atoms with E-state index in [9.17, 15) is 5.11 Å². The van der Waals surface area contributed by atoms with Crippen molar-refractivity contribution in [1.82, 2.24) is 0 Å². The lowest BCUT2D eigenvalue weighted by Gasteiger charge is -2.11. The third-order valence-electron chi connectivity index (χ3n) is 3.17. The van der Waals surface area contributed by atoms with Gasteiger partial charge in [-0.15, -0.1) is 0 Å². The molecule has 0 saturated heterocycles. The summed E-state index contributed by atoms with van der Waals surface area (Å²) in [5, 5.41) is 9.98. The largest absolute Gasteiger partial charge is 0.389 e. The second kappa shape index (κ2) is 2.85. The maximum Gasteiger partial charge on any atom is 0.0718 e. The molecule has 1 heteroatoms. The van der Waals surface area contributed by atoms with Crippen LogP contribution in [0.5, 0.6) is 0 Å². The van der Waals surface area contributed by atoms with E-state index in [-0.39, 0.29) is 0 Å². The molecule has 0 aromatic heterocycles. The Morgan fingerprint density at radius 2 is 2.08 bits per heavy atom. The quantitative estimate of drug-likeness (QED) is 0.733. The Morgan fingerprint density at radius 1 is 1.46 bits per heavy atom. The zero-order chi connectivity index (χ0) is 9.47. The van der Waals surface area contributed by atoms with Gasteiger partial charge in [0.2, 0.25) is 0 Å². The van der Waals surface area contributed by atoms with Gasteiger partial charge in [-0.2, -0.15) is 0 Å². The molecule has 0 amide bonds. The summed E-state index contributed by atoms with van der Waals surface area (Å²) in [5.41, 5.74) is 2.18. The van der Waals surface area contributed by atoms with Gasteiger partial charge in [-0.25, -0.2) is 0 Å². The number of rotatable bonds is 2. The minimum absolute atomic E-state index is 0.397. The fourth-order valence-corrected chi connectivity index (χ4v) is 1.86. The van der Waals surface area contributed by atoms with Crippen LogP contribution in [0.4, 0.5) is 0 Å². The molecule has 1 saturated carbocycles. The molecule has 13 heavy (non-hydrogen) atoms. The molecule has 1 nitrogen and oxygen atoms in total. The Morgan fingerprint density at radius 3 is 2.62 bits per heavy atom. The first kappa shape index (κ1) is 8.76. The van der Waals surface area contributed by atoms with Crippen molar-refractivity contribution in [2.24, 2.45) is 5.92 Å². The lowest BCUT2D eigenvalue weighted by atomic mass is 10.0. The first-order valence-electron chi connectivity index (χ1n) is 4.89. The molecule has 0 bridgehead atoms. The molecular formula is C12H16O. The minimum atomic E-state index is -0.397. The average molecular weight is 176 g/mol. The van der Waals surface area contributed by atoms with Crippen LogP contribution in [0.2, 0.25) is 0 Å². The summed E-state index contributed by atoms with van der Waals surface area (Å²) in [7, 11) is 0. The highest BCUT2D eigenvalue weighted by molar-refractivity contribution is 5.28. The highest BCUT2D eigenvalue weighted by Gasteiger charge is 2.49. The third-order valence-corrected chi connectivity index (χ3v) is 3.17. The molecular weight excluding hydrogens is 160 g/mol. The number of aliphatic hydroxyl groups is 1. The van der Waals surface area contributed by atoms with Gasteiger partial charge in [0, 0.05) is 6.42 Å². The van der Waals surface area contributed by atoms with Crippen LogP contribution in [-0.2, 0) is 6.42 Å². The van der Waals surface area contributed by atoms with E-state index in [0.717, 1.165) is 12.8 Å². The first-order valence-corrected chi connectivity index (χ1v) is 4.89. The van der Waals surface area contributed by atoms with Crippen molar-refractivity contribution < 1.29 is 5.11 Å². The molecule has 2 rings (SSSR count). The van der Waals surface area contributed by atoms with Gasteiger partial charge >= 0.3 is 0 Å². The Balaban J connectivity index is 2.15. The number of benzene rings is 1. The van der Waals surface area contributed by atoms with E-state index < -0.39 is 5.60 Å². The standard InChI is InChI=1S/C12H16O/c1-9-5-3-4-6-11(9)8-12(13)7-10(12)2/h3-6,10,13H,7-8H2,1-2H3. The Bertz CT molecular complexity index is 319. The summed E-state index contributed by atoms with van der Waals surface area (Å²) in [6, 6.07) is 8.29. The van der Waals surface area contributed by atoms with Crippen molar-refractivity contribution in [3.63, 3.8) is 0 Å². The van der Waals surface area contributed by atoms with E-state index in [1.165, 1.54) is 11.1 Å². The molecule has 1 N–H and O–H groups in total. The number of hydrogen-bond acceptors (Lipinski definition) is 1. The third kappa shape index (κ3) is 1.61. The van der Waals surface area contributed by atoms with Crippen LogP contribution in [0.3, 0.4) is 0 Å². The lowest BCUT2D eigenvalue weighted by molar-refractivity contribution is 0.134.